The van der Waals surface area contributed by atoms with E-state index in [-0.39, 0.29) is 25.0 Å². The molecule has 6 atom stereocenters. The minimum absolute atomic E-state index is 0.161. The van der Waals surface area contributed by atoms with E-state index in [1.807, 2.05) is 37.3 Å². The Morgan fingerprint density at radius 2 is 1.89 bits per heavy atom. The average Bonchev–Trinajstić information content (AvgIpc) is 3.47. The van der Waals surface area contributed by atoms with Gasteiger partial charge in [0.05, 0.1) is 39.9 Å². The van der Waals surface area contributed by atoms with Gasteiger partial charge in [-0.15, -0.1) is 18.3 Å². The second kappa shape index (κ2) is 10.1. The number of aliphatic hydroxyl groups excluding tert-OH is 1. The van der Waals surface area contributed by atoms with Crippen LogP contribution in [0, 0.1) is 11.8 Å². The van der Waals surface area contributed by atoms with Crippen LogP contribution in [0.25, 0.3) is 0 Å². The number of fused-ring (bicyclic) bond motifs is 1. The summed E-state index contributed by atoms with van der Waals surface area (Å²) in [6.45, 7) is 5.52. The lowest BCUT2D eigenvalue weighted by molar-refractivity contribution is -0.150. The molecular formula is C29H31ClN2O5S. The molecule has 2 aromatic rings. The Morgan fingerprint density at radius 1 is 1.21 bits per heavy atom. The number of carbonyl (C=O) groups excluding carboxylic acids is 2. The zero-order valence-corrected chi connectivity index (χ0v) is 22.7. The summed E-state index contributed by atoms with van der Waals surface area (Å²) in [5.41, 5.74) is 1.40. The van der Waals surface area contributed by atoms with Crippen LogP contribution in [0.5, 0.6) is 0 Å². The van der Waals surface area contributed by atoms with Gasteiger partial charge in [0.25, 0.3) is 5.91 Å². The van der Waals surface area contributed by atoms with Gasteiger partial charge < -0.3 is 20.0 Å². The van der Waals surface area contributed by atoms with Crippen molar-refractivity contribution in [3.8, 4) is 0 Å². The average molecular weight is 555 g/mol. The number of rotatable bonds is 9. The second-order valence-electron chi connectivity index (χ2n) is 10.5. The van der Waals surface area contributed by atoms with Crippen molar-refractivity contribution in [3.63, 3.8) is 0 Å². The zero-order chi connectivity index (χ0) is 27.2. The largest absolute Gasteiger partial charge is 0.481 e. The molecule has 2 N–H and O–H groups in total. The van der Waals surface area contributed by atoms with Gasteiger partial charge in [-0.1, -0.05) is 60.1 Å². The molecule has 0 aliphatic carbocycles. The summed E-state index contributed by atoms with van der Waals surface area (Å²) in [7, 11) is 0. The van der Waals surface area contributed by atoms with Crippen molar-refractivity contribution in [3.05, 3.63) is 77.8 Å². The maximum absolute atomic E-state index is 14.6. The Bertz CT molecular complexity index is 1270. The standard InChI is InChI=1S/C29H31ClN2O5S/c1-3-15-31(21-12-8-7-11-20(21)30)26(35)24-29-14-13-28(2,38-29)23(27(36)37)22(29)25(34)32(24)19(17-33)16-18-9-5-4-6-10-18/h3-12,19,22-24,33H,1,13-17H2,2H3,(H,36,37)/t19-,22+,23-,24?,28+,29?/m1/s1. The molecule has 0 radical (unpaired) electrons. The first-order valence-electron chi connectivity index (χ1n) is 12.7. The van der Waals surface area contributed by atoms with Crippen molar-refractivity contribution in [2.24, 2.45) is 11.8 Å². The van der Waals surface area contributed by atoms with Gasteiger partial charge in [0.2, 0.25) is 5.91 Å². The van der Waals surface area contributed by atoms with E-state index in [4.69, 9.17) is 11.6 Å². The van der Waals surface area contributed by atoms with Crippen LogP contribution in [0.2, 0.25) is 5.02 Å². The van der Waals surface area contributed by atoms with Gasteiger partial charge in [-0.3, -0.25) is 14.4 Å². The maximum Gasteiger partial charge on any atom is 0.308 e. The van der Waals surface area contributed by atoms with Gasteiger partial charge in [0.1, 0.15) is 6.04 Å². The summed E-state index contributed by atoms with van der Waals surface area (Å²) in [6, 6.07) is 14.8. The van der Waals surface area contributed by atoms with Crippen molar-refractivity contribution in [2.75, 3.05) is 18.1 Å². The van der Waals surface area contributed by atoms with Crippen LogP contribution in [0.3, 0.4) is 0 Å². The van der Waals surface area contributed by atoms with Crippen LogP contribution in [-0.4, -0.2) is 67.6 Å². The van der Waals surface area contributed by atoms with Crippen LogP contribution >= 0.6 is 23.4 Å². The molecule has 3 fully saturated rings. The Labute approximate surface area is 231 Å². The van der Waals surface area contributed by atoms with Crippen molar-refractivity contribution in [2.45, 2.75) is 47.8 Å². The number of hydrogen-bond acceptors (Lipinski definition) is 5. The molecular weight excluding hydrogens is 524 g/mol. The zero-order valence-electron chi connectivity index (χ0n) is 21.1. The number of carboxylic acids is 1. The fourth-order valence-corrected chi connectivity index (χ4v) is 9.37. The SMILES string of the molecule is C=CCN(C(=O)C1N([C@@H](CO)Cc2ccccc2)C(=O)[C@@H]2[C@H](C(=O)O)[C@]3(C)CCC12S3)c1ccccc1Cl. The van der Waals surface area contributed by atoms with Crippen molar-refractivity contribution >= 4 is 46.8 Å². The van der Waals surface area contributed by atoms with Crippen molar-refractivity contribution in [1.29, 1.82) is 0 Å². The van der Waals surface area contributed by atoms with E-state index in [2.05, 4.69) is 6.58 Å². The van der Waals surface area contributed by atoms with Gasteiger partial charge in [0, 0.05) is 11.3 Å². The molecule has 5 rings (SSSR count). The predicted octanol–water partition coefficient (Wildman–Crippen LogP) is 4.03. The van der Waals surface area contributed by atoms with E-state index in [1.54, 1.807) is 30.3 Å². The molecule has 3 aliphatic rings. The molecule has 38 heavy (non-hydrogen) atoms. The first-order valence-corrected chi connectivity index (χ1v) is 13.9. The van der Waals surface area contributed by atoms with E-state index in [0.29, 0.717) is 30.0 Å². The fourth-order valence-electron chi connectivity index (χ4n) is 6.80. The third kappa shape index (κ3) is 4.05. The Balaban J connectivity index is 1.64. The molecule has 3 aliphatic heterocycles. The number of amides is 2. The molecule has 7 nitrogen and oxygen atoms in total. The number of hydrogen-bond donors (Lipinski definition) is 2. The summed E-state index contributed by atoms with van der Waals surface area (Å²) in [5, 5.41) is 21.2. The first-order chi connectivity index (χ1) is 18.2. The quantitative estimate of drug-likeness (QED) is 0.454. The topological polar surface area (TPSA) is 98.2 Å². The smallest absolute Gasteiger partial charge is 0.308 e. The molecule has 0 aromatic heterocycles. The van der Waals surface area contributed by atoms with Gasteiger partial charge in [-0.2, -0.15) is 0 Å². The van der Waals surface area contributed by atoms with Crippen molar-refractivity contribution < 1.29 is 24.6 Å². The van der Waals surface area contributed by atoms with Crippen LogP contribution < -0.4 is 4.90 Å². The van der Waals surface area contributed by atoms with E-state index in [0.717, 1.165) is 5.56 Å². The monoisotopic (exact) mass is 554 g/mol. The molecule has 2 aromatic carbocycles. The van der Waals surface area contributed by atoms with Crippen LogP contribution in [0.1, 0.15) is 25.3 Å². The summed E-state index contributed by atoms with van der Waals surface area (Å²) >= 11 is 7.98. The second-order valence-corrected chi connectivity index (χ2v) is 12.8. The van der Waals surface area contributed by atoms with E-state index >= 15 is 0 Å². The lowest BCUT2D eigenvalue weighted by atomic mass is 9.66. The highest BCUT2D eigenvalue weighted by Crippen LogP contribution is 2.71. The minimum Gasteiger partial charge on any atom is -0.481 e. The minimum atomic E-state index is -1.02. The molecule has 0 saturated carbocycles. The molecule has 200 valence electrons. The highest BCUT2D eigenvalue weighted by Gasteiger charge is 2.78. The third-order valence-electron chi connectivity index (χ3n) is 8.35. The van der Waals surface area contributed by atoms with E-state index in [9.17, 15) is 24.6 Å². The molecule has 2 unspecified atom stereocenters. The van der Waals surface area contributed by atoms with Gasteiger partial charge >= 0.3 is 5.97 Å². The number of carboxylic acid groups (broad SMARTS) is 1. The number of nitrogens with zero attached hydrogens (tertiary/aromatic N) is 2. The molecule has 3 saturated heterocycles. The number of carbonyl (C=O) groups is 3. The van der Waals surface area contributed by atoms with Crippen LogP contribution in [0.4, 0.5) is 5.69 Å². The molecule has 9 heteroatoms. The first kappa shape index (κ1) is 26.8. The highest BCUT2D eigenvalue weighted by atomic mass is 35.5. The Hall–Kier alpha value is -2.81. The van der Waals surface area contributed by atoms with E-state index in [1.165, 1.54) is 21.6 Å². The number of likely N-dealkylation sites (tertiary alicyclic amines) is 1. The summed E-state index contributed by atoms with van der Waals surface area (Å²) < 4.78 is -1.57. The summed E-state index contributed by atoms with van der Waals surface area (Å²) in [5.74, 6) is -3.52. The maximum atomic E-state index is 14.6. The number of anilines is 1. The van der Waals surface area contributed by atoms with Crippen LogP contribution in [0.15, 0.2) is 67.3 Å². The Kier molecular flexibility index (Phi) is 7.09. The van der Waals surface area contributed by atoms with Crippen LogP contribution in [-0.2, 0) is 20.8 Å². The number of halogens is 1. The molecule has 1 spiro atoms. The number of aliphatic carboxylic acids is 1. The summed E-state index contributed by atoms with van der Waals surface area (Å²) in [4.78, 5) is 44.4. The number of benzene rings is 2. The van der Waals surface area contributed by atoms with Gasteiger partial charge in [-0.25, -0.2) is 0 Å². The lowest BCUT2D eigenvalue weighted by Gasteiger charge is -2.39. The predicted molar refractivity (Wildman–Crippen MR) is 148 cm³/mol. The number of thioether (sulfide) groups is 1. The van der Waals surface area contributed by atoms with E-state index < -0.39 is 39.4 Å². The molecule has 2 bridgehead atoms. The lowest BCUT2D eigenvalue weighted by Crippen LogP contribution is -2.58. The highest BCUT2D eigenvalue weighted by molar-refractivity contribution is 8.02. The third-order valence-corrected chi connectivity index (χ3v) is 10.7. The van der Waals surface area contributed by atoms with Crippen molar-refractivity contribution in [1.82, 2.24) is 4.90 Å². The molecule has 2 amide bonds. The fraction of sp³-hybridized carbons (Fsp3) is 0.414. The van der Waals surface area contributed by atoms with Gasteiger partial charge in [-0.05, 0) is 43.9 Å². The number of para-hydroxylation sites is 1. The van der Waals surface area contributed by atoms with Gasteiger partial charge in [0.15, 0.2) is 0 Å². The normalized spacial score (nSPS) is 30.2. The number of aliphatic hydroxyl groups is 1. The molecule has 3 heterocycles. The Morgan fingerprint density at radius 3 is 2.53 bits per heavy atom. The summed E-state index contributed by atoms with van der Waals surface area (Å²) in [6.07, 6.45) is 3.07.